The Balaban J connectivity index is 1.75. The summed E-state index contributed by atoms with van der Waals surface area (Å²) in [4.78, 5) is 20.8. The zero-order valence-electron chi connectivity index (χ0n) is 14.7. The van der Waals surface area contributed by atoms with Crippen LogP contribution in [0.5, 0.6) is 0 Å². The lowest BCUT2D eigenvalue weighted by atomic mass is 10.0. The van der Waals surface area contributed by atoms with Gasteiger partial charge in [-0.25, -0.2) is 4.98 Å². The average molecular weight is 362 g/mol. The number of nitrogens with zero attached hydrogens (tertiary/aromatic N) is 3. The molecule has 0 bridgehead atoms. The first kappa shape index (κ1) is 18.0. The van der Waals surface area contributed by atoms with E-state index in [2.05, 4.69) is 4.98 Å². The van der Waals surface area contributed by atoms with E-state index in [9.17, 15) is 4.79 Å². The minimum absolute atomic E-state index is 0.0683. The van der Waals surface area contributed by atoms with E-state index in [1.165, 1.54) is 0 Å². The van der Waals surface area contributed by atoms with E-state index >= 15 is 0 Å². The van der Waals surface area contributed by atoms with Crippen LogP contribution in [0.25, 0.3) is 0 Å². The number of likely N-dealkylation sites (N-methyl/N-ethyl adjacent to an activating group) is 1. The number of piperidine rings is 1. The standard InChI is InChI=1S/C19H24ClN3O2/c1-22(2)13-18(24)23-10-6-5-9-17(23)19-21-12-15(25-19)11-14-7-3-4-8-16(14)20/h3-4,7-8,12,17H,5-6,9-11,13H2,1-2H3. The Bertz CT molecular complexity index is 729. The van der Waals surface area contributed by atoms with Crippen molar-refractivity contribution in [3.63, 3.8) is 0 Å². The Kier molecular flexibility index (Phi) is 5.76. The highest BCUT2D eigenvalue weighted by atomic mass is 35.5. The smallest absolute Gasteiger partial charge is 0.237 e. The summed E-state index contributed by atoms with van der Waals surface area (Å²) in [7, 11) is 3.81. The van der Waals surface area contributed by atoms with E-state index in [1.54, 1.807) is 6.20 Å². The second-order valence-electron chi connectivity index (χ2n) is 6.77. The Labute approximate surface area is 153 Å². The predicted molar refractivity (Wildman–Crippen MR) is 97.6 cm³/mol. The van der Waals surface area contributed by atoms with Gasteiger partial charge in [0.05, 0.1) is 12.7 Å². The molecule has 2 aromatic rings. The van der Waals surface area contributed by atoms with Gasteiger partial charge in [0.1, 0.15) is 11.8 Å². The van der Waals surface area contributed by atoms with E-state index in [-0.39, 0.29) is 11.9 Å². The largest absolute Gasteiger partial charge is 0.443 e. The van der Waals surface area contributed by atoms with E-state index in [1.807, 2.05) is 48.2 Å². The van der Waals surface area contributed by atoms with Crippen LogP contribution in [0, 0.1) is 0 Å². The summed E-state index contributed by atoms with van der Waals surface area (Å²) in [5, 5.41) is 0.723. The highest BCUT2D eigenvalue weighted by Gasteiger charge is 2.31. The predicted octanol–water partition coefficient (Wildman–Crippen LogP) is 3.53. The second kappa shape index (κ2) is 8.02. The summed E-state index contributed by atoms with van der Waals surface area (Å²) >= 11 is 6.22. The Morgan fingerprint density at radius 1 is 1.36 bits per heavy atom. The quantitative estimate of drug-likeness (QED) is 0.817. The molecule has 1 saturated heterocycles. The number of benzene rings is 1. The molecule has 0 saturated carbocycles. The van der Waals surface area contributed by atoms with Gasteiger partial charge in [-0.2, -0.15) is 0 Å². The molecule has 134 valence electrons. The molecular formula is C19H24ClN3O2. The van der Waals surface area contributed by atoms with Gasteiger partial charge in [-0.15, -0.1) is 0 Å². The van der Waals surface area contributed by atoms with Crippen LogP contribution in [0.2, 0.25) is 5.02 Å². The number of aromatic nitrogens is 1. The molecule has 0 N–H and O–H groups in total. The normalized spacial score (nSPS) is 17.9. The van der Waals surface area contributed by atoms with Crippen LogP contribution in [0.4, 0.5) is 0 Å². The fourth-order valence-corrected chi connectivity index (χ4v) is 3.44. The Morgan fingerprint density at radius 2 is 2.16 bits per heavy atom. The highest BCUT2D eigenvalue weighted by Crippen LogP contribution is 2.31. The van der Waals surface area contributed by atoms with E-state index in [0.29, 0.717) is 18.9 Å². The van der Waals surface area contributed by atoms with E-state index in [4.69, 9.17) is 16.0 Å². The van der Waals surface area contributed by atoms with Gasteiger partial charge in [0.25, 0.3) is 0 Å². The first-order chi connectivity index (χ1) is 12.0. The van der Waals surface area contributed by atoms with Gasteiger partial charge in [0.15, 0.2) is 0 Å². The van der Waals surface area contributed by atoms with Crippen molar-refractivity contribution in [3.05, 3.63) is 52.7 Å². The number of rotatable bonds is 5. The lowest BCUT2D eigenvalue weighted by Gasteiger charge is -2.34. The Morgan fingerprint density at radius 3 is 2.92 bits per heavy atom. The molecular weight excluding hydrogens is 338 g/mol. The number of hydrogen-bond acceptors (Lipinski definition) is 4. The topological polar surface area (TPSA) is 49.6 Å². The molecule has 5 nitrogen and oxygen atoms in total. The van der Waals surface area contributed by atoms with Gasteiger partial charge in [-0.05, 0) is 45.0 Å². The van der Waals surface area contributed by atoms with Crippen molar-refractivity contribution in [3.8, 4) is 0 Å². The van der Waals surface area contributed by atoms with Crippen LogP contribution in [-0.2, 0) is 11.2 Å². The van der Waals surface area contributed by atoms with Gasteiger partial charge in [-0.3, -0.25) is 4.79 Å². The van der Waals surface area contributed by atoms with Crippen molar-refractivity contribution >= 4 is 17.5 Å². The fourth-order valence-electron chi connectivity index (χ4n) is 3.24. The van der Waals surface area contributed by atoms with Crippen LogP contribution in [0.1, 0.15) is 42.5 Å². The summed E-state index contributed by atoms with van der Waals surface area (Å²) in [6.45, 7) is 1.17. The number of amides is 1. The molecule has 1 fully saturated rings. The number of hydrogen-bond donors (Lipinski definition) is 0. The first-order valence-electron chi connectivity index (χ1n) is 8.67. The van der Waals surface area contributed by atoms with Gasteiger partial charge in [0.2, 0.25) is 11.8 Å². The number of oxazole rings is 1. The maximum Gasteiger partial charge on any atom is 0.237 e. The molecule has 1 aliphatic rings. The third kappa shape index (κ3) is 4.41. The number of carbonyl (C=O) groups excluding carboxylic acids is 1. The van der Waals surface area contributed by atoms with Crippen LogP contribution >= 0.6 is 11.6 Å². The molecule has 1 aromatic heterocycles. The third-order valence-corrected chi connectivity index (χ3v) is 4.82. The van der Waals surface area contributed by atoms with Crippen molar-refractivity contribution in [2.24, 2.45) is 0 Å². The van der Waals surface area contributed by atoms with Gasteiger partial charge >= 0.3 is 0 Å². The van der Waals surface area contributed by atoms with Crippen molar-refractivity contribution in [1.82, 2.24) is 14.8 Å². The third-order valence-electron chi connectivity index (χ3n) is 4.45. The van der Waals surface area contributed by atoms with Crippen molar-refractivity contribution in [2.75, 3.05) is 27.2 Å². The van der Waals surface area contributed by atoms with Gasteiger partial charge in [-0.1, -0.05) is 29.8 Å². The van der Waals surface area contributed by atoms with Crippen LogP contribution < -0.4 is 0 Å². The molecule has 3 rings (SSSR count). The lowest BCUT2D eigenvalue weighted by molar-refractivity contribution is -0.136. The number of halogens is 1. The molecule has 6 heteroatoms. The molecule has 1 aromatic carbocycles. The summed E-state index contributed by atoms with van der Waals surface area (Å²) in [6, 6.07) is 7.66. The fraction of sp³-hybridized carbons (Fsp3) is 0.474. The van der Waals surface area contributed by atoms with E-state index in [0.717, 1.165) is 42.2 Å². The summed E-state index contributed by atoms with van der Waals surface area (Å²) in [5.74, 6) is 1.53. The summed E-state index contributed by atoms with van der Waals surface area (Å²) in [6.07, 6.45) is 5.36. The minimum Gasteiger partial charge on any atom is -0.443 e. The molecule has 1 unspecified atom stereocenters. The number of likely N-dealkylation sites (tertiary alicyclic amines) is 1. The van der Waals surface area contributed by atoms with Crippen molar-refractivity contribution in [2.45, 2.75) is 31.7 Å². The van der Waals surface area contributed by atoms with Crippen molar-refractivity contribution < 1.29 is 9.21 Å². The summed E-state index contributed by atoms with van der Waals surface area (Å²) in [5.41, 5.74) is 1.01. The van der Waals surface area contributed by atoms with Crippen LogP contribution in [0.3, 0.4) is 0 Å². The van der Waals surface area contributed by atoms with Crippen LogP contribution in [-0.4, -0.2) is 47.9 Å². The minimum atomic E-state index is -0.0683. The van der Waals surface area contributed by atoms with E-state index < -0.39 is 0 Å². The molecule has 1 atom stereocenters. The SMILES string of the molecule is CN(C)CC(=O)N1CCCCC1c1ncc(Cc2ccccc2Cl)o1. The molecule has 2 heterocycles. The lowest BCUT2D eigenvalue weighted by Crippen LogP contribution is -2.42. The zero-order valence-corrected chi connectivity index (χ0v) is 15.5. The summed E-state index contributed by atoms with van der Waals surface area (Å²) < 4.78 is 5.99. The average Bonchev–Trinajstić information content (AvgIpc) is 3.05. The Hall–Kier alpha value is -1.85. The zero-order chi connectivity index (χ0) is 17.8. The van der Waals surface area contributed by atoms with Crippen LogP contribution in [0.15, 0.2) is 34.9 Å². The monoisotopic (exact) mass is 361 g/mol. The van der Waals surface area contributed by atoms with Gasteiger partial charge < -0.3 is 14.2 Å². The molecule has 0 radical (unpaired) electrons. The maximum atomic E-state index is 12.5. The molecule has 0 spiro atoms. The second-order valence-corrected chi connectivity index (χ2v) is 7.18. The van der Waals surface area contributed by atoms with Gasteiger partial charge in [0, 0.05) is 18.0 Å². The molecule has 1 aliphatic heterocycles. The first-order valence-corrected chi connectivity index (χ1v) is 9.04. The molecule has 0 aliphatic carbocycles. The molecule has 1 amide bonds. The van der Waals surface area contributed by atoms with Crippen molar-refractivity contribution in [1.29, 1.82) is 0 Å². The maximum absolute atomic E-state index is 12.5. The number of carbonyl (C=O) groups is 1. The highest BCUT2D eigenvalue weighted by molar-refractivity contribution is 6.31. The molecule has 25 heavy (non-hydrogen) atoms.